The van der Waals surface area contributed by atoms with Crippen molar-refractivity contribution in [2.45, 2.75) is 0 Å². The Kier molecular flexibility index (Phi) is 4.44. The predicted octanol–water partition coefficient (Wildman–Crippen LogP) is 3.83. The van der Waals surface area contributed by atoms with Crippen LogP contribution < -0.4 is 5.32 Å². The molecule has 1 heterocycles. The van der Waals surface area contributed by atoms with E-state index in [-0.39, 0.29) is 22.1 Å². The molecule has 9 heteroatoms. The second-order valence-electron chi connectivity index (χ2n) is 5.00. The van der Waals surface area contributed by atoms with Crippen LogP contribution in [0.3, 0.4) is 0 Å². The highest BCUT2D eigenvalue weighted by atomic mass is 35.5. The highest BCUT2D eigenvalue weighted by Crippen LogP contribution is 2.20. The first-order valence-electron chi connectivity index (χ1n) is 7.01. The summed E-state index contributed by atoms with van der Waals surface area (Å²) in [7, 11) is 0. The molecule has 0 fully saturated rings. The summed E-state index contributed by atoms with van der Waals surface area (Å²) < 4.78 is 15.1. The van der Waals surface area contributed by atoms with Crippen molar-refractivity contribution in [2.75, 3.05) is 5.32 Å². The summed E-state index contributed by atoms with van der Waals surface area (Å²) in [4.78, 5) is 22.3. The molecular formula is C16H10ClFN4O3. The molecule has 3 rings (SSSR count). The number of amides is 1. The van der Waals surface area contributed by atoms with Crippen LogP contribution in [-0.4, -0.2) is 20.6 Å². The maximum absolute atomic E-state index is 13.7. The molecular weight excluding hydrogens is 351 g/mol. The van der Waals surface area contributed by atoms with Gasteiger partial charge in [0.25, 0.3) is 11.6 Å². The molecule has 0 aliphatic carbocycles. The zero-order valence-corrected chi connectivity index (χ0v) is 13.3. The number of halogens is 2. The largest absolute Gasteiger partial charge is 0.318 e. The minimum atomic E-state index is -0.657. The Morgan fingerprint density at radius 1 is 1.20 bits per heavy atom. The highest BCUT2D eigenvalue weighted by Gasteiger charge is 2.13. The van der Waals surface area contributed by atoms with Crippen LogP contribution >= 0.6 is 11.6 Å². The minimum absolute atomic E-state index is 0.0146. The van der Waals surface area contributed by atoms with Crippen molar-refractivity contribution in [3.63, 3.8) is 0 Å². The predicted molar refractivity (Wildman–Crippen MR) is 89.6 cm³/mol. The number of benzene rings is 2. The standard InChI is InChI=1S/C16H10ClFN4O3/c17-10-1-6-14(13(18)9-10)19-16(23)15-7-8-21(20-15)11-2-4-12(5-3-11)22(24)25/h1-9H,(H,19,23). The lowest BCUT2D eigenvalue weighted by molar-refractivity contribution is -0.384. The number of hydrogen-bond donors (Lipinski definition) is 1. The molecule has 25 heavy (non-hydrogen) atoms. The van der Waals surface area contributed by atoms with E-state index in [1.54, 1.807) is 0 Å². The van der Waals surface area contributed by atoms with E-state index in [0.717, 1.165) is 6.07 Å². The van der Waals surface area contributed by atoms with Crippen molar-refractivity contribution in [3.8, 4) is 5.69 Å². The van der Waals surface area contributed by atoms with Crippen LogP contribution in [0.5, 0.6) is 0 Å². The molecule has 3 aromatic rings. The second kappa shape index (κ2) is 6.70. The number of hydrogen-bond acceptors (Lipinski definition) is 4. The lowest BCUT2D eigenvalue weighted by Crippen LogP contribution is -2.14. The van der Waals surface area contributed by atoms with Gasteiger partial charge in [-0.15, -0.1) is 0 Å². The van der Waals surface area contributed by atoms with Gasteiger partial charge >= 0.3 is 0 Å². The Bertz CT molecular complexity index is 956. The average Bonchev–Trinajstić information content (AvgIpc) is 3.07. The first-order chi connectivity index (χ1) is 11.9. The maximum Gasteiger partial charge on any atom is 0.276 e. The first-order valence-corrected chi connectivity index (χ1v) is 7.39. The third kappa shape index (κ3) is 3.64. The van der Waals surface area contributed by atoms with Gasteiger partial charge in [-0.3, -0.25) is 14.9 Å². The average molecular weight is 361 g/mol. The van der Waals surface area contributed by atoms with Gasteiger partial charge in [-0.1, -0.05) is 11.6 Å². The summed E-state index contributed by atoms with van der Waals surface area (Å²) in [6.45, 7) is 0. The number of rotatable bonds is 4. The van der Waals surface area contributed by atoms with Crippen LogP contribution in [0.2, 0.25) is 5.02 Å². The van der Waals surface area contributed by atoms with Gasteiger partial charge in [-0.2, -0.15) is 5.10 Å². The van der Waals surface area contributed by atoms with E-state index in [1.807, 2.05) is 0 Å². The molecule has 0 spiro atoms. The molecule has 1 amide bonds. The molecule has 126 valence electrons. The van der Waals surface area contributed by atoms with E-state index >= 15 is 0 Å². The molecule has 0 radical (unpaired) electrons. The zero-order chi connectivity index (χ0) is 18.0. The number of anilines is 1. The number of aromatic nitrogens is 2. The van der Waals surface area contributed by atoms with Crippen molar-refractivity contribution in [1.29, 1.82) is 0 Å². The number of nitrogens with zero attached hydrogens (tertiary/aromatic N) is 3. The Balaban J connectivity index is 1.78. The monoisotopic (exact) mass is 360 g/mol. The van der Waals surface area contributed by atoms with Gasteiger partial charge in [0.05, 0.1) is 16.3 Å². The molecule has 1 N–H and O–H groups in total. The van der Waals surface area contributed by atoms with Crippen LogP contribution in [0.1, 0.15) is 10.5 Å². The van der Waals surface area contributed by atoms with Crippen molar-refractivity contribution in [2.24, 2.45) is 0 Å². The summed E-state index contributed by atoms with van der Waals surface area (Å²) in [6, 6.07) is 11.0. The lowest BCUT2D eigenvalue weighted by Gasteiger charge is -2.05. The Morgan fingerprint density at radius 2 is 1.92 bits per heavy atom. The lowest BCUT2D eigenvalue weighted by atomic mass is 10.3. The SMILES string of the molecule is O=C(Nc1ccc(Cl)cc1F)c1ccn(-c2ccc([N+](=O)[O-])cc2)n1. The van der Waals surface area contributed by atoms with E-state index in [0.29, 0.717) is 5.69 Å². The van der Waals surface area contributed by atoms with Crippen LogP contribution in [-0.2, 0) is 0 Å². The quantitative estimate of drug-likeness (QED) is 0.565. The third-order valence-corrected chi connectivity index (χ3v) is 3.56. The zero-order valence-electron chi connectivity index (χ0n) is 12.5. The maximum atomic E-state index is 13.7. The summed E-state index contributed by atoms with van der Waals surface area (Å²) in [5.41, 5.74) is 0.543. The highest BCUT2D eigenvalue weighted by molar-refractivity contribution is 6.30. The van der Waals surface area contributed by atoms with E-state index in [1.165, 1.54) is 53.3 Å². The van der Waals surface area contributed by atoms with Gasteiger partial charge in [0.15, 0.2) is 5.69 Å². The number of carbonyl (C=O) groups excluding carboxylic acids is 1. The second-order valence-corrected chi connectivity index (χ2v) is 5.43. The van der Waals surface area contributed by atoms with Gasteiger partial charge in [0.2, 0.25) is 0 Å². The Hall–Kier alpha value is -3.26. The van der Waals surface area contributed by atoms with Crippen molar-refractivity contribution < 1.29 is 14.1 Å². The summed E-state index contributed by atoms with van der Waals surface area (Å²) in [5, 5.41) is 17.4. The topological polar surface area (TPSA) is 90.1 Å². The Labute approximate surface area is 145 Å². The van der Waals surface area contributed by atoms with Crippen molar-refractivity contribution in [3.05, 3.63) is 81.4 Å². The molecule has 7 nitrogen and oxygen atoms in total. The third-order valence-electron chi connectivity index (χ3n) is 3.33. The molecule has 0 unspecified atom stereocenters. The molecule has 0 bridgehead atoms. The number of nitro benzene ring substituents is 1. The van der Waals surface area contributed by atoms with E-state index in [2.05, 4.69) is 10.4 Å². The van der Waals surface area contributed by atoms with Crippen LogP contribution in [0.25, 0.3) is 5.69 Å². The molecule has 0 saturated carbocycles. The Morgan fingerprint density at radius 3 is 2.56 bits per heavy atom. The first kappa shape index (κ1) is 16.6. The number of nitro groups is 1. The van der Waals surface area contributed by atoms with E-state index in [4.69, 9.17) is 11.6 Å². The molecule has 0 aliphatic rings. The fraction of sp³-hybridized carbons (Fsp3) is 0. The molecule has 0 aliphatic heterocycles. The van der Waals surface area contributed by atoms with Crippen molar-refractivity contribution in [1.82, 2.24) is 9.78 Å². The van der Waals surface area contributed by atoms with Gasteiger partial charge < -0.3 is 5.32 Å². The summed E-state index contributed by atoms with van der Waals surface area (Å²) in [6.07, 6.45) is 1.52. The molecule has 0 atom stereocenters. The van der Waals surface area contributed by atoms with Crippen molar-refractivity contribution >= 4 is 28.9 Å². The van der Waals surface area contributed by atoms with Gasteiger partial charge in [0, 0.05) is 23.4 Å². The normalized spacial score (nSPS) is 10.5. The summed E-state index contributed by atoms with van der Waals surface area (Å²) in [5.74, 6) is -1.25. The molecule has 1 aromatic heterocycles. The smallest absolute Gasteiger partial charge is 0.276 e. The minimum Gasteiger partial charge on any atom is -0.318 e. The van der Waals surface area contributed by atoms with Gasteiger partial charge in [0.1, 0.15) is 5.82 Å². The van der Waals surface area contributed by atoms with Crippen LogP contribution in [0.15, 0.2) is 54.7 Å². The number of non-ortho nitro benzene ring substituents is 1. The van der Waals surface area contributed by atoms with Crippen LogP contribution in [0, 0.1) is 15.9 Å². The van der Waals surface area contributed by atoms with Gasteiger partial charge in [-0.05, 0) is 36.4 Å². The van der Waals surface area contributed by atoms with E-state index < -0.39 is 16.6 Å². The molecule has 0 saturated heterocycles. The fourth-order valence-corrected chi connectivity index (χ4v) is 2.25. The number of carbonyl (C=O) groups is 1. The van der Waals surface area contributed by atoms with Gasteiger partial charge in [-0.25, -0.2) is 9.07 Å². The molecule has 2 aromatic carbocycles. The summed E-state index contributed by atoms with van der Waals surface area (Å²) >= 11 is 5.66. The fourth-order valence-electron chi connectivity index (χ4n) is 2.09. The number of nitrogens with one attached hydrogen (secondary N) is 1. The van der Waals surface area contributed by atoms with E-state index in [9.17, 15) is 19.3 Å². The van der Waals surface area contributed by atoms with Crippen LogP contribution in [0.4, 0.5) is 15.8 Å².